The summed E-state index contributed by atoms with van der Waals surface area (Å²) in [6.07, 6.45) is 72.0. The Bertz CT molecular complexity index is 1320. The number of aliphatic hydroxyl groups is 2. The van der Waals surface area contributed by atoms with Crippen molar-refractivity contribution in [2.24, 2.45) is 0 Å². The number of carbonyl (C=O) groups is 2. The van der Waals surface area contributed by atoms with E-state index in [0.29, 0.717) is 19.3 Å². The van der Waals surface area contributed by atoms with Gasteiger partial charge in [-0.2, -0.15) is 0 Å². The summed E-state index contributed by atoms with van der Waals surface area (Å²) in [4.78, 5) is 26.2. The summed E-state index contributed by atoms with van der Waals surface area (Å²) in [5, 5.41) is 23.8. The molecule has 0 fully saturated rings. The minimum atomic E-state index is -0.810. The van der Waals surface area contributed by atoms with E-state index in [1.165, 1.54) is 89.9 Å². The molecule has 0 radical (unpaired) electrons. The maximum Gasteiger partial charge on any atom is 0.306 e. The third-order valence-electron chi connectivity index (χ3n) is 12.2. The zero-order valence-corrected chi connectivity index (χ0v) is 43.8. The zero-order chi connectivity index (χ0) is 48.8. The first-order chi connectivity index (χ1) is 33.0. The van der Waals surface area contributed by atoms with Crippen molar-refractivity contribution in [3.63, 3.8) is 0 Å². The molecule has 384 valence electrons. The number of nitrogens with one attached hydrogen (secondary N) is 1. The molecule has 6 nitrogen and oxygen atoms in total. The fraction of sp³-hybridized carbons (Fsp3) is 0.705. The lowest BCUT2D eigenvalue weighted by atomic mass is 10.0. The Labute approximate surface area is 414 Å². The van der Waals surface area contributed by atoms with Crippen LogP contribution in [0.5, 0.6) is 0 Å². The van der Waals surface area contributed by atoms with Gasteiger partial charge in [-0.15, -0.1) is 0 Å². The fourth-order valence-corrected chi connectivity index (χ4v) is 8.02. The monoisotopic (exact) mass is 932 g/mol. The number of aliphatic hydroxyl groups excluding tert-OH is 2. The van der Waals surface area contributed by atoms with Crippen LogP contribution >= 0.6 is 0 Å². The van der Waals surface area contributed by atoms with Crippen molar-refractivity contribution < 1.29 is 24.5 Å². The van der Waals surface area contributed by atoms with Crippen molar-refractivity contribution in [3.05, 3.63) is 97.2 Å². The molecular formula is C61H105NO5. The Morgan fingerprint density at radius 3 is 1.22 bits per heavy atom. The molecule has 0 bridgehead atoms. The average molecular weight is 933 g/mol. The van der Waals surface area contributed by atoms with Crippen molar-refractivity contribution in [1.29, 1.82) is 0 Å². The first-order valence-electron chi connectivity index (χ1n) is 28.0. The summed E-state index contributed by atoms with van der Waals surface area (Å²) in [6.45, 7) is 6.25. The van der Waals surface area contributed by atoms with Crippen LogP contribution < -0.4 is 5.32 Å². The summed E-state index contributed by atoms with van der Waals surface area (Å²) in [6, 6.07) is -0.727. The third-order valence-corrected chi connectivity index (χ3v) is 12.2. The quantitative estimate of drug-likeness (QED) is 0.0321. The summed E-state index contributed by atoms with van der Waals surface area (Å²) in [5.74, 6) is -0.591. The third kappa shape index (κ3) is 49.0. The van der Waals surface area contributed by atoms with E-state index in [1.807, 2.05) is 6.08 Å². The molecule has 0 aliphatic rings. The summed E-state index contributed by atoms with van der Waals surface area (Å²) < 4.78 is 5.90. The molecule has 0 aromatic heterocycles. The van der Waals surface area contributed by atoms with E-state index >= 15 is 0 Å². The van der Waals surface area contributed by atoms with Crippen molar-refractivity contribution in [2.75, 3.05) is 6.61 Å². The van der Waals surface area contributed by atoms with Crippen LogP contribution in [-0.4, -0.2) is 46.9 Å². The van der Waals surface area contributed by atoms with Crippen molar-refractivity contribution in [1.82, 2.24) is 5.32 Å². The van der Waals surface area contributed by atoms with Gasteiger partial charge in [-0.05, 0) is 89.9 Å². The smallest absolute Gasteiger partial charge is 0.306 e. The second kappa shape index (κ2) is 53.7. The van der Waals surface area contributed by atoms with Gasteiger partial charge in [-0.3, -0.25) is 9.59 Å². The highest BCUT2D eigenvalue weighted by Crippen LogP contribution is 2.17. The van der Waals surface area contributed by atoms with E-state index < -0.39 is 18.2 Å². The summed E-state index contributed by atoms with van der Waals surface area (Å²) >= 11 is 0. The standard InChI is InChI=1S/C61H105NO5/c1-4-7-10-13-16-19-22-25-27-29-30-32-34-36-39-42-45-48-51-54-61(66)67-57(52-49-46-43-40-37-24-21-18-15-12-9-6-3)55-60(65)62-58(56-63)59(64)53-50-47-44-41-38-35-33-31-28-26-23-20-17-14-11-8-5-2/h7,9-10,12,16,18-19,21,25,27,30,32,36,39,45,48,57-59,63-64H,4-6,8,11,13-15,17,20,22-24,26,28-29,31,33-35,37-38,40-44,46-47,49-56H2,1-3H3,(H,62,65)/b10-7-,12-9+,19-16-,21-18+,27-25-,32-30-,39-36-,48-45-. The largest absolute Gasteiger partial charge is 0.462 e. The van der Waals surface area contributed by atoms with Crippen LogP contribution in [0.4, 0.5) is 0 Å². The number of hydrogen-bond donors (Lipinski definition) is 3. The molecular weight excluding hydrogens is 827 g/mol. The number of amides is 1. The molecule has 0 saturated carbocycles. The highest BCUT2D eigenvalue weighted by atomic mass is 16.5. The molecule has 0 aliphatic carbocycles. The molecule has 3 atom stereocenters. The fourth-order valence-electron chi connectivity index (χ4n) is 8.02. The van der Waals surface area contributed by atoms with Gasteiger partial charge in [0.1, 0.15) is 6.10 Å². The van der Waals surface area contributed by atoms with E-state index in [9.17, 15) is 19.8 Å². The van der Waals surface area contributed by atoms with Gasteiger partial charge in [0, 0.05) is 6.42 Å². The first-order valence-corrected chi connectivity index (χ1v) is 28.0. The van der Waals surface area contributed by atoms with E-state index in [2.05, 4.69) is 117 Å². The maximum absolute atomic E-state index is 13.2. The van der Waals surface area contributed by atoms with E-state index in [0.717, 1.165) is 109 Å². The Morgan fingerprint density at radius 2 is 0.806 bits per heavy atom. The van der Waals surface area contributed by atoms with Crippen molar-refractivity contribution in [3.8, 4) is 0 Å². The maximum atomic E-state index is 13.2. The van der Waals surface area contributed by atoms with Crippen molar-refractivity contribution in [2.45, 2.75) is 270 Å². The second-order valence-electron chi connectivity index (χ2n) is 18.6. The van der Waals surface area contributed by atoms with Crippen LogP contribution in [0.15, 0.2) is 97.2 Å². The number of hydrogen-bond acceptors (Lipinski definition) is 5. The Hall–Kier alpha value is -3.22. The van der Waals surface area contributed by atoms with Crippen LogP contribution in [-0.2, 0) is 14.3 Å². The highest BCUT2D eigenvalue weighted by molar-refractivity contribution is 5.77. The van der Waals surface area contributed by atoms with Gasteiger partial charge in [-0.25, -0.2) is 0 Å². The lowest BCUT2D eigenvalue weighted by Gasteiger charge is -2.24. The molecule has 0 aliphatic heterocycles. The lowest BCUT2D eigenvalue weighted by molar-refractivity contribution is -0.150. The summed E-state index contributed by atoms with van der Waals surface area (Å²) in [7, 11) is 0. The number of unbranched alkanes of at least 4 members (excludes halogenated alkanes) is 21. The van der Waals surface area contributed by atoms with Crippen LogP contribution in [0.1, 0.15) is 252 Å². The van der Waals surface area contributed by atoms with Gasteiger partial charge in [0.25, 0.3) is 0 Å². The molecule has 3 N–H and O–H groups in total. The molecule has 0 spiro atoms. The molecule has 3 unspecified atom stereocenters. The SMILES string of the molecule is CC/C=C\C/C=C\C/C=C\C/C=C\C/C=C\C/C=C\CCC(=O)OC(CCCCCCC/C=C/C/C=C/CC)CC(=O)NC(CO)C(O)CCCCCCCCCCCCCCCCCCC. The minimum absolute atomic E-state index is 0.0330. The predicted molar refractivity (Wildman–Crippen MR) is 291 cm³/mol. The van der Waals surface area contributed by atoms with Gasteiger partial charge >= 0.3 is 5.97 Å². The highest BCUT2D eigenvalue weighted by Gasteiger charge is 2.24. The molecule has 0 aromatic carbocycles. The van der Waals surface area contributed by atoms with Crippen LogP contribution in [0, 0.1) is 0 Å². The van der Waals surface area contributed by atoms with Gasteiger partial charge in [0.15, 0.2) is 0 Å². The minimum Gasteiger partial charge on any atom is -0.462 e. The average Bonchev–Trinajstić information content (AvgIpc) is 3.32. The zero-order valence-electron chi connectivity index (χ0n) is 43.8. The Balaban J connectivity index is 4.62. The molecule has 0 rings (SSSR count). The molecule has 67 heavy (non-hydrogen) atoms. The van der Waals surface area contributed by atoms with Crippen LogP contribution in [0.2, 0.25) is 0 Å². The van der Waals surface area contributed by atoms with E-state index in [4.69, 9.17) is 4.74 Å². The number of ether oxygens (including phenoxy) is 1. The predicted octanol–water partition coefficient (Wildman–Crippen LogP) is 17.3. The molecule has 0 heterocycles. The van der Waals surface area contributed by atoms with Crippen LogP contribution in [0.25, 0.3) is 0 Å². The number of rotatable bonds is 49. The number of carbonyl (C=O) groups excluding carboxylic acids is 2. The molecule has 1 amide bonds. The summed E-state index contributed by atoms with van der Waals surface area (Å²) in [5.41, 5.74) is 0. The van der Waals surface area contributed by atoms with Crippen LogP contribution in [0.3, 0.4) is 0 Å². The van der Waals surface area contributed by atoms with Gasteiger partial charge in [0.2, 0.25) is 5.91 Å². The normalized spacial score (nSPS) is 13.9. The molecule has 0 aromatic rings. The van der Waals surface area contributed by atoms with Gasteiger partial charge in [0.05, 0.1) is 25.2 Å². The topological polar surface area (TPSA) is 95.9 Å². The lowest BCUT2D eigenvalue weighted by Crippen LogP contribution is -2.46. The van der Waals surface area contributed by atoms with Crippen molar-refractivity contribution >= 4 is 11.9 Å². The first kappa shape index (κ1) is 63.8. The number of allylic oxidation sites excluding steroid dienone is 16. The van der Waals surface area contributed by atoms with E-state index in [1.54, 1.807) is 0 Å². The Kier molecular flexibility index (Phi) is 51.1. The Morgan fingerprint density at radius 1 is 0.448 bits per heavy atom. The van der Waals surface area contributed by atoms with Gasteiger partial charge in [-0.1, -0.05) is 246 Å². The molecule has 0 saturated heterocycles. The second-order valence-corrected chi connectivity index (χ2v) is 18.6. The molecule has 6 heteroatoms. The van der Waals surface area contributed by atoms with Gasteiger partial charge < -0.3 is 20.3 Å². The van der Waals surface area contributed by atoms with E-state index in [-0.39, 0.29) is 31.3 Å². The number of esters is 1.